The van der Waals surface area contributed by atoms with Gasteiger partial charge in [-0.05, 0) is 287 Å². The molecule has 0 aliphatic rings. The molecular formula is C98H97FN24O2S. The van der Waals surface area contributed by atoms with E-state index in [1.165, 1.54) is 24.8 Å². The standard InChI is InChI=1S/C26H28N6.C25H24N6O2.C24H24N6S.C23H21FN6/c1-17(2)20-10-7-13-23(16-20)29-26-31-24(27-21-11-5-8-18(3)14-21)30-25(32-26)28-22-12-6-9-19(4)15-22;1-16-7-4-10-19(13-16)26-23-29-24(27-20-11-5-8-17(2)14-20)31-25(30-23)28-21-12-6-9-18(15-21)22(32)33-3;1-16-7-4-9-18(13-16)25-22-28-23(26-19-10-5-8-17(2)14-19)30-24(29-22)27-20-11-6-12-21(15-20)31-3;1-15-5-3-7-19(13-15)26-22-28-21(25-18-11-9-17(24)10-12-18)29-23(30-22)27-20-8-4-6-16(2)14-20/h5-17H,1-4H3,(H3,27,28,29,30,31,32);4-15H,1-3H3,(H3,26,27,28,29,30,31);4-15H,1-3H3,(H3,25,26,27,28,29,30);3-14H,1-2H3,(H3,25,26,27,28,29,30). The van der Waals surface area contributed by atoms with Gasteiger partial charge in [-0.2, -0.15) is 59.8 Å². The zero-order valence-corrected chi connectivity index (χ0v) is 72.6. The third-order valence-corrected chi connectivity index (χ3v) is 19.2. The molecule has 28 heteroatoms. The third kappa shape index (κ3) is 27.5. The molecule has 12 aromatic carbocycles. The fraction of sp³-hybridized carbons (Fsp3) is 0.133. The summed E-state index contributed by atoms with van der Waals surface area (Å²) in [6.07, 6.45) is 2.05. The summed E-state index contributed by atoms with van der Waals surface area (Å²) in [6, 6.07) is 93.4. The van der Waals surface area contributed by atoms with Crippen LogP contribution in [0.15, 0.2) is 296 Å². The number of ether oxygens (including phenoxy) is 1. The van der Waals surface area contributed by atoms with Crippen molar-refractivity contribution in [2.75, 3.05) is 77.2 Å². The van der Waals surface area contributed by atoms with E-state index < -0.39 is 5.97 Å². The van der Waals surface area contributed by atoms with E-state index in [4.69, 9.17) is 4.74 Å². The average molecular weight is 1690 g/mol. The molecule has 4 aromatic heterocycles. The van der Waals surface area contributed by atoms with E-state index in [2.05, 4.69) is 232 Å². The Morgan fingerprint density at radius 2 is 0.468 bits per heavy atom. The Bertz CT molecular complexity index is 6140. The number of methoxy groups -OCH3 is 1. The van der Waals surface area contributed by atoms with Gasteiger partial charge in [0.15, 0.2) is 0 Å². The molecule has 0 amide bonds. The SMILES string of the molecule is COC(=O)c1cccc(Nc2nc(Nc3cccc(C)c3)nc(Nc3cccc(C)c3)n2)c1.CSc1cccc(Nc2nc(Nc3cccc(C)c3)nc(Nc3cccc(C)c3)n2)c1.Cc1cccc(Nc2nc(Nc3ccc(F)cc3)nc(Nc3cccc(C)c3)n2)c1.Cc1cccc(Nc2nc(Nc3cccc(C)c3)nc(Nc3cccc(C(C)C)c3)n2)c1. The van der Waals surface area contributed by atoms with Crippen molar-refractivity contribution < 1.29 is 13.9 Å². The number of benzene rings is 12. The number of halogens is 1. The molecule has 0 bridgehead atoms. The highest BCUT2D eigenvalue weighted by Crippen LogP contribution is 2.31. The van der Waals surface area contributed by atoms with Crippen LogP contribution in [0.5, 0.6) is 0 Å². The molecule has 0 atom stereocenters. The van der Waals surface area contributed by atoms with Gasteiger partial charge in [0.2, 0.25) is 71.4 Å². The molecule has 12 N–H and O–H groups in total. The Hall–Kier alpha value is -16.0. The van der Waals surface area contributed by atoms with Gasteiger partial charge in [0.25, 0.3) is 0 Å². The summed E-state index contributed by atoms with van der Waals surface area (Å²) < 4.78 is 18.0. The number of carbonyl (C=O) groups excluding carboxylic acids is 1. The van der Waals surface area contributed by atoms with Gasteiger partial charge in [-0.25, -0.2) is 9.18 Å². The maximum atomic E-state index is 13.2. The lowest BCUT2D eigenvalue weighted by molar-refractivity contribution is 0.0600. The Balaban J connectivity index is 0.000000144. The molecule has 0 radical (unpaired) electrons. The van der Waals surface area contributed by atoms with Crippen molar-refractivity contribution in [2.45, 2.75) is 80.1 Å². The number of esters is 1. The molecule has 0 unspecified atom stereocenters. The summed E-state index contributed by atoms with van der Waals surface area (Å²) in [5, 5.41) is 38.9. The molecule has 0 fully saturated rings. The number of aryl methyl sites for hydroxylation is 8. The monoisotopic (exact) mass is 1690 g/mol. The molecule has 16 aromatic rings. The molecule has 0 saturated carbocycles. The fourth-order valence-electron chi connectivity index (χ4n) is 12.6. The van der Waals surface area contributed by atoms with Crippen LogP contribution in [0.2, 0.25) is 0 Å². The predicted molar refractivity (Wildman–Crippen MR) is 511 cm³/mol. The minimum atomic E-state index is -0.419. The van der Waals surface area contributed by atoms with Gasteiger partial charge in [0.1, 0.15) is 5.82 Å². The molecule has 126 heavy (non-hydrogen) atoms. The van der Waals surface area contributed by atoms with Gasteiger partial charge >= 0.3 is 5.97 Å². The molecule has 0 spiro atoms. The Morgan fingerprint density at radius 1 is 0.262 bits per heavy atom. The van der Waals surface area contributed by atoms with Crippen LogP contribution in [0.25, 0.3) is 0 Å². The Morgan fingerprint density at radius 3 is 0.698 bits per heavy atom. The van der Waals surface area contributed by atoms with E-state index >= 15 is 0 Å². The van der Waals surface area contributed by atoms with Crippen LogP contribution < -0.4 is 63.8 Å². The summed E-state index contributed by atoms with van der Waals surface area (Å²) in [7, 11) is 1.35. The first kappa shape index (κ1) is 87.8. The topological polar surface area (TPSA) is 325 Å². The molecule has 0 aliphatic heterocycles. The van der Waals surface area contributed by atoms with Gasteiger partial charge in [-0.3, -0.25) is 0 Å². The minimum absolute atomic E-state index is 0.306. The van der Waals surface area contributed by atoms with Gasteiger partial charge < -0.3 is 68.5 Å². The van der Waals surface area contributed by atoms with Crippen molar-refractivity contribution in [1.82, 2.24) is 59.8 Å². The predicted octanol–water partition coefficient (Wildman–Crippen LogP) is 24.6. The second-order valence-electron chi connectivity index (χ2n) is 29.8. The van der Waals surface area contributed by atoms with Crippen LogP contribution >= 0.6 is 11.8 Å². The van der Waals surface area contributed by atoms with Crippen molar-refractivity contribution in [3.63, 3.8) is 0 Å². The summed E-state index contributed by atoms with van der Waals surface area (Å²) in [5.74, 6) is 4.64. The van der Waals surface area contributed by atoms with E-state index in [1.807, 2.05) is 216 Å². The summed E-state index contributed by atoms with van der Waals surface area (Å²) in [5.41, 5.74) is 21.1. The van der Waals surface area contributed by atoms with Crippen molar-refractivity contribution >= 4 is 157 Å². The van der Waals surface area contributed by atoms with E-state index in [9.17, 15) is 9.18 Å². The third-order valence-electron chi connectivity index (χ3n) is 18.5. The highest BCUT2D eigenvalue weighted by molar-refractivity contribution is 7.98. The lowest BCUT2D eigenvalue weighted by Gasteiger charge is -2.13. The number of hydrogen-bond donors (Lipinski definition) is 12. The quantitative estimate of drug-likeness (QED) is 0.0168. The van der Waals surface area contributed by atoms with Crippen LogP contribution in [0, 0.1) is 61.2 Å². The van der Waals surface area contributed by atoms with Gasteiger partial charge in [-0.15, -0.1) is 11.8 Å². The van der Waals surface area contributed by atoms with Crippen LogP contribution in [-0.4, -0.2) is 79.1 Å². The van der Waals surface area contributed by atoms with Crippen molar-refractivity contribution in [3.05, 3.63) is 353 Å². The first-order valence-electron chi connectivity index (χ1n) is 40.5. The smallest absolute Gasteiger partial charge is 0.337 e. The number of rotatable bonds is 27. The van der Waals surface area contributed by atoms with E-state index in [1.54, 1.807) is 42.1 Å². The number of carbonyl (C=O) groups is 1. The highest BCUT2D eigenvalue weighted by atomic mass is 32.2. The second kappa shape index (κ2) is 43.0. The molecule has 634 valence electrons. The Kier molecular flexibility index (Phi) is 30.0. The fourth-order valence-corrected chi connectivity index (χ4v) is 13.0. The maximum Gasteiger partial charge on any atom is 0.337 e. The molecule has 0 saturated heterocycles. The molecule has 0 aliphatic carbocycles. The lowest BCUT2D eigenvalue weighted by Crippen LogP contribution is -2.08. The summed E-state index contributed by atoms with van der Waals surface area (Å²) >= 11 is 1.69. The van der Waals surface area contributed by atoms with Crippen molar-refractivity contribution in [3.8, 4) is 0 Å². The first-order valence-corrected chi connectivity index (χ1v) is 41.8. The number of thioether (sulfide) groups is 1. The molecule has 26 nitrogen and oxygen atoms in total. The van der Waals surface area contributed by atoms with Crippen molar-refractivity contribution in [1.29, 1.82) is 0 Å². The first-order chi connectivity index (χ1) is 61.0. The summed E-state index contributed by atoms with van der Waals surface area (Å²) in [4.78, 5) is 67.5. The maximum absolute atomic E-state index is 13.2. The normalized spacial score (nSPS) is 10.6. The van der Waals surface area contributed by atoms with Gasteiger partial charge in [0.05, 0.1) is 12.7 Å². The lowest BCUT2D eigenvalue weighted by atomic mass is 10.0. The second-order valence-corrected chi connectivity index (χ2v) is 30.7. The largest absolute Gasteiger partial charge is 0.465 e. The van der Waals surface area contributed by atoms with Gasteiger partial charge in [-0.1, -0.05) is 135 Å². The van der Waals surface area contributed by atoms with Crippen molar-refractivity contribution in [2.24, 2.45) is 0 Å². The summed E-state index contributed by atoms with van der Waals surface area (Å²) in [6.45, 7) is 20.6. The molecular weight excluding hydrogens is 1600 g/mol. The highest BCUT2D eigenvalue weighted by Gasteiger charge is 2.17. The van der Waals surface area contributed by atoms with E-state index in [0.29, 0.717) is 94.2 Å². The molecule has 16 rings (SSSR count). The number of anilines is 24. The van der Waals surface area contributed by atoms with Crippen LogP contribution in [0.3, 0.4) is 0 Å². The van der Waals surface area contributed by atoms with Crippen LogP contribution in [0.1, 0.15) is 80.2 Å². The number of nitrogens with one attached hydrogen (secondary N) is 12. The number of nitrogens with zero attached hydrogens (tertiary/aromatic N) is 12. The van der Waals surface area contributed by atoms with E-state index in [-0.39, 0.29) is 5.82 Å². The zero-order chi connectivity index (χ0) is 88.3. The van der Waals surface area contributed by atoms with Crippen LogP contribution in [-0.2, 0) is 4.74 Å². The zero-order valence-electron chi connectivity index (χ0n) is 71.8. The Labute approximate surface area is 736 Å². The molecule has 4 heterocycles. The average Bonchev–Trinajstić information content (AvgIpc) is 0.844. The van der Waals surface area contributed by atoms with E-state index in [0.717, 1.165) is 106 Å². The number of hydrogen-bond acceptors (Lipinski definition) is 27. The van der Waals surface area contributed by atoms with Gasteiger partial charge in [0, 0.05) is 73.1 Å². The number of aromatic nitrogens is 12. The van der Waals surface area contributed by atoms with Crippen LogP contribution in [0.4, 0.5) is 144 Å². The minimum Gasteiger partial charge on any atom is -0.465 e.